The number of carbonyl (C=O) groups excluding carboxylic acids is 1. The van der Waals surface area contributed by atoms with E-state index in [9.17, 15) is 4.79 Å². The molecule has 1 N–H and O–H groups in total. The zero-order valence-corrected chi connectivity index (χ0v) is 15.8. The lowest BCUT2D eigenvalue weighted by Gasteiger charge is -2.15. The second-order valence-electron chi connectivity index (χ2n) is 7.06. The Morgan fingerprint density at radius 1 is 1.39 bits per heavy atom. The summed E-state index contributed by atoms with van der Waals surface area (Å²) >= 11 is 1.60. The second-order valence-corrected chi connectivity index (χ2v) is 7.95. The monoisotopic (exact) mass is 334 g/mol. The standard InChI is InChI=1S/C17H26N4OS/c1-10-13(12(3)21(7)20-10)8-15(22)18-11(2)16-19-14(9-23-16)17(4,5)6/h9,11H,8H2,1-7H3,(H,18,22)/t11-/m1/s1. The summed E-state index contributed by atoms with van der Waals surface area (Å²) in [4.78, 5) is 17.0. The Hall–Kier alpha value is -1.69. The molecule has 0 fully saturated rings. The first-order valence-electron chi connectivity index (χ1n) is 7.84. The van der Waals surface area contributed by atoms with Gasteiger partial charge in [-0.2, -0.15) is 5.10 Å². The topological polar surface area (TPSA) is 59.8 Å². The van der Waals surface area contributed by atoms with Crippen molar-refractivity contribution in [3.63, 3.8) is 0 Å². The first-order chi connectivity index (χ1) is 10.6. The highest BCUT2D eigenvalue weighted by atomic mass is 32.1. The molecular weight excluding hydrogens is 308 g/mol. The van der Waals surface area contributed by atoms with Gasteiger partial charge in [0.25, 0.3) is 0 Å². The summed E-state index contributed by atoms with van der Waals surface area (Å²) in [5.41, 5.74) is 4.05. The molecule has 0 aliphatic carbocycles. The Labute approximate surface area is 142 Å². The van der Waals surface area contributed by atoms with Crippen molar-refractivity contribution in [3.8, 4) is 0 Å². The highest BCUT2D eigenvalue weighted by Gasteiger charge is 2.21. The largest absolute Gasteiger partial charge is 0.347 e. The molecule has 0 spiro atoms. The van der Waals surface area contributed by atoms with Gasteiger partial charge < -0.3 is 5.32 Å². The van der Waals surface area contributed by atoms with Gasteiger partial charge >= 0.3 is 0 Å². The molecule has 126 valence electrons. The molecule has 23 heavy (non-hydrogen) atoms. The zero-order chi connectivity index (χ0) is 17.4. The molecule has 1 amide bonds. The minimum Gasteiger partial charge on any atom is -0.347 e. The highest BCUT2D eigenvalue weighted by molar-refractivity contribution is 7.09. The Morgan fingerprint density at radius 3 is 2.52 bits per heavy atom. The summed E-state index contributed by atoms with van der Waals surface area (Å²) in [5.74, 6) is 0.00390. The summed E-state index contributed by atoms with van der Waals surface area (Å²) in [5, 5.41) is 10.4. The van der Waals surface area contributed by atoms with Crippen LogP contribution in [0.1, 0.15) is 61.4 Å². The zero-order valence-electron chi connectivity index (χ0n) is 15.0. The Bertz CT molecular complexity index is 709. The maximum Gasteiger partial charge on any atom is 0.225 e. The molecule has 2 aromatic heterocycles. The molecule has 0 bridgehead atoms. The quantitative estimate of drug-likeness (QED) is 0.934. The molecule has 2 aromatic rings. The van der Waals surface area contributed by atoms with E-state index in [0.29, 0.717) is 6.42 Å². The van der Waals surface area contributed by atoms with E-state index >= 15 is 0 Å². The lowest BCUT2D eigenvalue weighted by molar-refractivity contribution is -0.121. The first kappa shape index (κ1) is 17.7. The van der Waals surface area contributed by atoms with Crippen LogP contribution in [0.25, 0.3) is 0 Å². The molecule has 6 heteroatoms. The van der Waals surface area contributed by atoms with Gasteiger partial charge in [-0.25, -0.2) is 4.98 Å². The molecule has 0 saturated heterocycles. The fourth-order valence-electron chi connectivity index (χ4n) is 2.42. The maximum absolute atomic E-state index is 12.3. The van der Waals surface area contributed by atoms with E-state index in [1.807, 2.05) is 32.5 Å². The fourth-order valence-corrected chi connectivity index (χ4v) is 3.47. The number of carbonyl (C=O) groups is 1. The van der Waals surface area contributed by atoms with E-state index in [-0.39, 0.29) is 17.4 Å². The van der Waals surface area contributed by atoms with Crippen molar-refractivity contribution in [1.82, 2.24) is 20.1 Å². The van der Waals surface area contributed by atoms with Crippen LogP contribution < -0.4 is 5.32 Å². The highest BCUT2D eigenvalue weighted by Crippen LogP contribution is 2.26. The van der Waals surface area contributed by atoms with Crippen molar-refractivity contribution in [1.29, 1.82) is 0 Å². The predicted molar refractivity (Wildman–Crippen MR) is 93.8 cm³/mol. The van der Waals surface area contributed by atoms with Gasteiger partial charge in [-0.05, 0) is 20.8 Å². The molecule has 2 heterocycles. The molecule has 0 aliphatic heterocycles. The van der Waals surface area contributed by atoms with Gasteiger partial charge in [-0.15, -0.1) is 11.3 Å². The number of aryl methyl sites for hydroxylation is 2. The summed E-state index contributed by atoms with van der Waals surface area (Å²) in [6.07, 6.45) is 0.355. The summed E-state index contributed by atoms with van der Waals surface area (Å²) in [6, 6.07) is -0.0825. The van der Waals surface area contributed by atoms with Crippen molar-refractivity contribution in [3.05, 3.63) is 33.0 Å². The molecule has 5 nitrogen and oxygen atoms in total. The molecule has 0 radical (unpaired) electrons. The number of nitrogens with zero attached hydrogens (tertiary/aromatic N) is 3. The van der Waals surface area contributed by atoms with E-state index in [4.69, 9.17) is 0 Å². The van der Waals surface area contributed by atoms with Crippen LogP contribution in [0.4, 0.5) is 0 Å². The van der Waals surface area contributed by atoms with Crippen molar-refractivity contribution >= 4 is 17.2 Å². The minimum absolute atomic E-state index is 0.00390. The Kier molecular flexibility index (Phi) is 4.94. The number of hydrogen-bond acceptors (Lipinski definition) is 4. The smallest absolute Gasteiger partial charge is 0.225 e. The van der Waals surface area contributed by atoms with Gasteiger partial charge in [0.1, 0.15) is 5.01 Å². The van der Waals surface area contributed by atoms with Crippen LogP contribution in [0, 0.1) is 13.8 Å². The number of aromatic nitrogens is 3. The van der Waals surface area contributed by atoms with Crippen molar-refractivity contribution in [2.24, 2.45) is 7.05 Å². The van der Waals surface area contributed by atoms with Crippen molar-refractivity contribution in [2.45, 2.75) is 59.4 Å². The number of nitrogens with one attached hydrogen (secondary N) is 1. The maximum atomic E-state index is 12.3. The van der Waals surface area contributed by atoms with Crippen LogP contribution in [0.5, 0.6) is 0 Å². The number of thiazole rings is 1. The molecule has 0 unspecified atom stereocenters. The average Bonchev–Trinajstić information content (AvgIpc) is 3.00. The van der Waals surface area contributed by atoms with Gasteiger partial charge in [0.2, 0.25) is 5.91 Å². The van der Waals surface area contributed by atoms with Crippen LogP contribution in [-0.4, -0.2) is 20.7 Å². The molecule has 0 aromatic carbocycles. The van der Waals surface area contributed by atoms with Crippen molar-refractivity contribution in [2.75, 3.05) is 0 Å². The van der Waals surface area contributed by atoms with E-state index in [1.54, 1.807) is 11.3 Å². The molecule has 1 atom stereocenters. The van der Waals surface area contributed by atoms with E-state index in [0.717, 1.165) is 27.7 Å². The second kappa shape index (κ2) is 6.43. The fraction of sp³-hybridized carbons (Fsp3) is 0.588. The number of amides is 1. The van der Waals surface area contributed by atoms with Crippen LogP contribution >= 0.6 is 11.3 Å². The molecular formula is C17H26N4OS. The van der Waals surface area contributed by atoms with Gasteiger partial charge in [0.15, 0.2) is 0 Å². The van der Waals surface area contributed by atoms with Gasteiger partial charge in [0.05, 0.1) is 23.9 Å². The minimum atomic E-state index is -0.0825. The van der Waals surface area contributed by atoms with E-state index < -0.39 is 0 Å². The molecule has 2 rings (SSSR count). The summed E-state index contributed by atoms with van der Waals surface area (Å²) < 4.78 is 1.82. The summed E-state index contributed by atoms with van der Waals surface area (Å²) in [7, 11) is 1.90. The Balaban J connectivity index is 2.04. The molecule has 0 saturated carbocycles. The van der Waals surface area contributed by atoms with Gasteiger partial charge in [-0.3, -0.25) is 9.48 Å². The van der Waals surface area contributed by atoms with Crippen LogP contribution in [0.15, 0.2) is 5.38 Å². The van der Waals surface area contributed by atoms with E-state index in [2.05, 4.69) is 41.6 Å². The van der Waals surface area contributed by atoms with Gasteiger partial charge in [0, 0.05) is 29.1 Å². The average molecular weight is 334 g/mol. The number of rotatable bonds is 4. The predicted octanol–water partition coefficient (Wildman–Crippen LogP) is 3.21. The summed E-state index contributed by atoms with van der Waals surface area (Å²) in [6.45, 7) is 12.3. The van der Waals surface area contributed by atoms with Crippen LogP contribution in [0.2, 0.25) is 0 Å². The first-order valence-corrected chi connectivity index (χ1v) is 8.72. The Morgan fingerprint density at radius 2 is 2.04 bits per heavy atom. The third kappa shape index (κ3) is 3.99. The SMILES string of the molecule is Cc1nn(C)c(C)c1CC(=O)N[C@H](C)c1nc(C(C)(C)C)cs1. The van der Waals surface area contributed by atoms with Gasteiger partial charge in [-0.1, -0.05) is 20.8 Å². The van der Waals surface area contributed by atoms with Crippen LogP contribution in [-0.2, 0) is 23.7 Å². The van der Waals surface area contributed by atoms with Crippen molar-refractivity contribution < 1.29 is 4.79 Å². The third-order valence-corrected chi connectivity index (χ3v) is 5.06. The lowest BCUT2D eigenvalue weighted by Crippen LogP contribution is -2.28. The van der Waals surface area contributed by atoms with Crippen LogP contribution in [0.3, 0.4) is 0 Å². The lowest BCUT2D eigenvalue weighted by atomic mass is 9.93. The third-order valence-electron chi connectivity index (χ3n) is 4.03. The number of hydrogen-bond donors (Lipinski definition) is 1. The normalized spacial score (nSPS) is 13.2. The van der Waals surface area contributed by atoms with E-state index in [1.165, 1.54) is 0 Å². The molecule has 0 aliphatic rings.